The van der Waals surface area contributed by atoms with E-state index in [1.165, 1.54) is 13.2 Å². The first-order valence-electron chi connectivity index (χ1n) is 5.84. The highest BCUT2D eigenvalue weighted by molar-refractivity contribution is 6.04. The number of nitrogens with zero attached hydrogens (tertiary/aromatic N) is 1. The maximum absolute atomic E-state index is 11.9. The van der Waals surface area contributed by atoms with Crippen LogP contribution in [-0.2, 0) is 4.74 Å². The smallest absolute Gasteiger partial charge is 0.337 e. The molecule has 8 nitrogen and oxygen atoms in total. The molecule has 0 unspecified atom stereocenters. The number of esters is 1. The van der Waals surface area contributed by atoms with Crippen molar-refractivity contribution in [2.45, 2.75) is 0 Å². The SMILES string of the molecule is COC(=O)c1cccc(NC(=O)c2cc([N+](=O)[O-])c[nH]2)c1. The van der Waals surface area contributed by atoms with Crippen molar-refractivity contribution in [1.29, 1.82) is 0 Å². The van der Waals surface area contributed by atoms with E-state index in [1.807, 2.05) is 0 Å². The summed E-state index contributed by atoms with van der Waals surface area (Å²) in [5, 5.41) is 13.1. The number of amides is 1. The number of ether oxygens (including phenoxy) is 1. The second-order valence-electron chi connectivity index (χ2n) is 4.06. The monoisotopic (exact) mass is 289 g/mol. The number of methoxy groups -OCH3 is 1. The van der Waals surface area contributed by atoms with Crippen LogP contribution in [0, 0.1) is 10.1 Å². The number of H-pyrrole nitrogens is 1. The average Bonchev–Trinajstić information content (AvgIpc) is 2.97. The largest absolute Gasteiger partial charge is 0.465 e. The molecule has 1 aromatic heterocycles. The zero-order valence-corrected chi connectivity index (χ0v) is 11.0. The molecule has 0 bridgehead atoms. The van der Waals surface area contributed by atoms with Gasteiger partial charge in [0.2, 0.25) is 0 Å². The number of carbonyl (C=O) groups is 2. The molecule has 0 atom stereocenters. The third-order valence-electron chi connectivity index (χ3n) is 2.66. The van der Waals surface area contributed by atoms with Gasteiger partial charge in [0.05, 0.1) is 23.8 Å². The van der Waals surface area contributed by atoms with Gasteiger partial charge >= 0.3 is 5.97 Å². The lowest BCUT2D eigenvalue weighted by Gasteiger charge is -2.05. The number of hydrogen-bond acceptors (Lipinski definition) is 5. The fraction of sp³-hybridized carbons (Fsp3) is 0.0769. The van der Waals surface area contributed by atoms with Crippen LogP contribution in [0.3, 0.4) is 0 Å². The summed E-state index contributed by atoms with van der Waals surface area (Å²) >= 11 is 0. The van der Waals surface area contributed by atoms with Gasteiger partial charge in [-0.05, 0) is 18.2 Å². The zero-order valence-electron chi connectivity index (χ0n) is 11.0. The van der Waals surface area contributed by atoms with E-state index in [-0.39, 0.29) is 16.9 Å². The quantitative estimate of drug-likeness (QED) is 0.507. The predicted molar refractivity (Wildman–Crippen MR) is 73.2 cm³/mol. The Labute approximate surface area is 118 Å². The van der Waals surface area contributed by atoms with Crippen LogP contribution >= 0.6 is 0 Å². The third kappa shape index (κ3) is 3.24. The number of aromatic nitrogens is 1. The molecule has 1 amide bonds. The maximum Gasteiger partial charge on any atom is 0.337 e. The Morgan fingerprint density at radius 1 is 1.33 bits per heavy atom. The van der Waals surface area contributed by atoms with Crippen molar-refractivity contribution in [2.24, 2.45) is 0 Å². The molecule has 0 aliphatic heterocycles. The molecular weight excluding hydrogens is 278 g/mol. The molecule has 0 aliphatic rings. The summed E-state index contributed by atoms with van der Waals surface area (Å²) in [7, 11) is 1.26. The Balaban J connectivity index is 2.15. The van der Waals surface area contributed by atoms with Crippen molar-refractivity contribution in [3.63, 3.8) is 0 Å². The average molecular weight is 289 g/mol. The molecule has 2 rings (SSSR count). The summed E-state index contributed by atoms with van der Waals surface area (Å²) in [6.07, 6.45) is 1.12. The Bertz CT molecular complexity index is 707. The van der Waals surface area contributed by atoms with Crippen LogP contribution in [0.4, 0.5) is 11.4 Å². The van der Waals surface area contributed by atoms with E-state index in [1.54, 1.807) is 18.2 Å². The van der Waals surface area contributed by atoms with Gasteiger partial charge in [-0.1, -0.05) is 6.07 Å². The Kier molecular flexibility index (Phi) is 3.98. The minimum atomic E-state index is -0.606. The standard InChI is InChI=1S/C13H11N3O5/c1-21-13(18)8-3-2-4-9(5-8)15-12(17)11-6-10(7-14-11)16(19)20/h2-7,14H,1H3,(H,15,17). The maximum atomic E-state index is 11.9. The van der Waals surface area contributed by atoms with E-state index in [2.05, 4.69) is 15.0 Å². The number of benzene rings is 1. The number of anilines is 1. The van der Waals surface area contributed by atoms with Gasteiger partial charge in [-0.25, -0.2) is 4.79 Å². The normalized spacial score (nSPS) is 9.95. The molecule has 1 heterocycles. The number of rotatable bonds is 4. The highest BCUT2D eigenvalue weighted by Gasteiger charge is 2.15. The Morgan fingerprint density at radius 3 is 2.71 bits per heavy atom. The zero-order chi connectivity index (χ0) is 15.4. The van der Waals surface area contributed by atoms with Gasteiger partial charge in [0.15, 0.2) is 0 Å². The highest BCUT2D eigenvalue weighted by Crippen LogP contribution is 2.15. The molecule has 0 spiro atoms. The van der Waals surface area contributed by atoms with Gasteiger partial charge in [-0.15, -0.1) is 0 Å². The van der Waals surface area contributed by atoms with Gasteiger partial charge in [0, 0.05) is 11.8 Å². The van der Waals surface area contributed by atoms with Crippen molar-refractivity contribution < 1.29 is 19.2 Å². The highest BCUT2D eigenvalue weighted by atomic mass is 16.6. The third-order valence-corrected chi connectivity index (χ3v) is 2.66. The number of nitro groups is 1. The molecule has 0 radical (unpaired) electrons. The summed E-state index contributed by atoms with van der Waals surface area (Å²) in [4.78, 5) is 35.8. The van der Waals surface area contributed by atoms with E-state index in [4.69, 9.17) is 0 Å². The number of nitrogens with one attached hydrogen (secondary N) is 2. The molecule has 2 aromatic rings. The van der Waals surface area contributed by atoms with Crippen LogP contribution < -0.4 is 5.32 Å². The lowest BCUT2D eigenvalue weighted by molar-refractivity contribution is -0.384. The van der Waals surface area contributed by atoms with Gasteiger partial charge in [-0.3, -0.25) is 14.9 Å². The lowest BCUT2D eigenvalue weighted by atomic mass is 10.2. The minimum Gasteiger partial charge on any atom is -0.465 e. The van der Waals surface area contributed by atoms with Crippen molar-refractivity contribution in [3.05, 3.63) is 57.9 Å². The van der Waals surface area contributed by atoms with Crippen LogP contribution in [0.15, 0.2) is 36.5 Å². The van der Waals surface area contributed by atoms with Crippen molar-refractivity contribution in [1.82, 2.24) is 4.98 Å². The van der Waals surface area contributed by atoms with Crippen LogP contribution in [0.25, 0.3) is 0 Å². The molecular formula is C13H11N3O5. The summed E-state index contributed by atoms with van der Waals surface area (Å²) in [6, 6.07) is 7.28. The van der Waals surface area contributed by atoms with Crippen LogP contribution in [0.5, 0.6) is 0 Å². The second-order valence-corrected chi connectivity index (χ2v) is 4.06. The van der Waals surface area contributed by atoms with Crippen LogP contribution in [-0.4, -0.2) is 28.9 Å². The Hall–Kier alpha value is -3.16. The van der Waals surface area contributed by atoms with Gasteiger partial charge in [0.25, 0.3) is 11.6 Å². The van der Waals surface area contributed by atoms with Crippen molar-refractivity contribution >= 4 is 23.3 Å². The lowest BCUT2D eigenvalue weighted by Crippen LogP contribution is -2.12. The fourth-order valence-corrected chi connectivity index (χ4v) is 1.66. The molecule has 0 fully saturated rings. The number of carbonyl (C=O) groups excluding carboxylic acids is 2. The summed E-state index contributed by atoms with van der Waals surface area (Å²) in [6.45, 7) is 0. The predicted octanol–water partition coefficient (Wildman–Crippen LogP) is 1.96. The summed E-state index contributed by atoms with van der Waals surface area (Å²) in [5.41, 5.74) is 0.501. The molecule has 2 N–H and O–H groups in total. The van der Waals surface area contributed by atoms with E-state index in [0.717, 1.165) is 12.3 Å². The van der Waals surface area contributed by atoms with E-state index in [9.17, 15) is 19.7 Å². The van der Waals surface area contributed by atoms with Crippen LogP contribution in [0.2, 0.25) is 0 Å². The molecule has 21 heavy (non-hydrogen) atoms. The van der Waals surface area contributed by atoms with Crippen LogP contribution in [0.1, 0.15) is 20.8 Å². The molecule has 0 saturated carbocycles. The van der Waals surface area contributed by atoms with Gasteiger partial charge in [-0.2, -0.15) is 0 Å². The van der Waals surface area contributed by atoms with Crippen molar-refractivity contribution in [3.8, 4) is 0 Å². The number of hydrogen-bond donors (Lipinski definition) is 2. The van der Waals surface area contributed by atoms with Gasteiger partial charge in [0.1, 0.15) is 5.69 Å². The van der Waals surface area contributed by atoms with E-state index in [0.29, 0.717) is 5.69 Å². The first kappa shape index (κ1) is 14.3. The summed E-state index contributed by atoms with van der Waals surface area (Å²) < 4.78 is 4.58. The number of aromatic amines is 1. The first-order valence-corrected chi connectivity index (χ1v) is 5.84. The van der Waals surface area contributed by atoms with Gasteiger partial charge < -0.3 is 15.0 Å². The molecule has 108 valence electrons. The topological polar surface area (TPSA) is 114 Å². The van der Waals surface area contributed by atoms with Crippen molar-refractivity contribution in [2.75, 3.05) is 12.4 Å². The summed E-state index contributed by atoms with van der Waals surface area (Å²) in [5.74, 6) is -1.08. The molecule has 1 aromatic carbocycles. The molecule has 0 saturated heterocycles. The van der Waals surface area contributed by atoms with E-state index >= 15 is 0 Å². The second kappa shape index (κ2) is 5.87. The Morgan fingerprint density at radius 2 is 2.10 bits per heavy atom. The fourth-order valence-electron chi connectivity index (χ4n) is 1.66. The minimum absolute atomic E-state index is 0.0465. The first-order chi connectivity index (χ1) is 10.0. The molecule has 8 heteroatoms. The molecule has 0 aliphatic carbocycles. The van der Waals surface area contributed by atoms with E-state index < -0.39 is 16.8 Å².